The molecule has 26 heavy (non-hydrogen) atoms. The second-order valence-electron chi connectivity index (χ2n) is 6.34. The second-order valence-corrected chi connectivity index (χ2v) is 7.37. The van der Waals surface area contributed by atoms with E-state index < -0.39 is 0 Å². The predicted octanol–water partition coefficient (Wildman–Crippen LogP) is 4.11. The third kappa shape index (κ3) is 2.55. The number of aromatic nitrogens is 3. The van der Waals surface area contributed by atoms with Crippen LogP contribution in [-0.4, -0.2) is 21.0 Å². The first-order valence-corrected chi connectivity index (χ1v) is 9.37. The molecule has 0 unspecified atom stereocenters. The number of allylic oxidation sites excluding steroid dienone is 2. The molecule has 2 aliphatic rings. The number of Topliss-reactive ketones (excluding diaryl/α,β-unsaturated/α-hetero) is 1. The average molecular weight is 364 g/mol. The minimum absolute atomic E-state index is 0.186. The third-order valence-electron chi connectivity index (χ3n) is 4.72. The molecule has 0 fully saturated rings. The Morgan fingerprint density at radius 3 is 3.04 bits per heavy atom. The van der Waals surface area contributed by atoms with Gasteiger partial charge in [-0.2, -0.15) is 5.10 Å². The molecule has 3 aromatic rings. The van der Waals surface area contributed by atoms with Gasteiger partial charge in [0.15, 0.2) is 16.7 Å². The summed E-state index contributed by atoms with van der Waals surface area (Å²) in [6.07, 6.45) is 5.91. The number of rotatable bonds is 3. The summed E-state index contributed by atoms with van der Waals surface area (Å²) in [6, 6.07) is 9.66. The van der Waals surface area contributed by atoms with Gasteiger partial charge in [0.05, 0.1) is 5.92 Å². The van der Waals surface area contributed by atoms with Crippen LogP contribution in [0.5, 0.6) is 0 Å². The average Bonchev–Trinajstić information content (AvgIpc) is 3.30. The molecule has 0 amide bonds. The van der Waals surface area contributed by atoms with Gasteiger partial charge >= 0.3 is 0 Å². The van der Waals surface area contributed by atoms with E-state index in [4.69, 9.17) is 4.42 Å². The molecule has 4 heterocycles. The van der Waals surface area contributed by atoms with Gasteiger partial charge in [0, 0.05) is 35.6 Å². The highest BCUT2D eigenvalue weighted by molar-refractivity contribution is 7.99. The van der Waals surface area contributed by atoms with Crippen molar-refractivity contribution in [3.8, 4) is 0 Å². The smallest absolute Gasteiger partial charge is 0.166 e. The fourth-order valence-corrected chi connectivity index (χ4v) is 4.34. The third-order valence-corrected chi connectivity index (χ3v) is 5.60. The highest BCUT2D eigenvalue weighted by atomic mass is 32.2. The zero-order valence-corrected chi connectivity index (χ0v) is 14.7. The molecule has 7 heteroatoms. The van der Waals surface area contributed by atoms with E-state index in [0.29, 0.717) is 6.42 Å². The maximum atomic E-state index is 12.7. The molecule has 0 saturated heterocycles. The fraction of sp³-hybridized carbons (Fsp3) is 0.211. The van der Waals surface area contributed by atoms with Crippen molar-refractivity contribution in [3.05, 3.63) is 65.3 Å². The molecule has 0 saturated carbocycles. The van der Waals surface area contributed by atoms with Gasteiger partial charge < -0.3 is 9.73 Å². The molecule has 0 spiro atoms. The summed E-state index contributed by atoms with van der Waals surface area (Å²) in [5.41, 5.74) is 2.73. The van der Waals surface area contributed by atoms with Gasteiger partial charge in [-0.05, 0) is 48.9 Å². The van der Waals surface area contributed by atoms with Crippen molar-refractivity contribution in [1.29, 1.82) is 0 Å². The van der Waals surface area contributed by atoms with Crippen molar-refractivity contribution >= 4 is 23.4 Å². The first-order valence-electron chi connectivity index (χ1n) is 8.55. The Morgan fingerprint density at radius 2 is 2.15 bits per heavy atom. The number of hydrogen-bond acceptors (Lipinski definition) is 6. The predicted molar refractivity (Wildman–Crippen MR) is 97.0 cm³/mol. The Kier molecular flexibility index (Phi) is 3.67. The minimum atomic E-state index is -0.217. The van der Waals surface area contributed by atoms with E-state index in [9.17, 15) is 4.79 Å². The number of pyridine rings is 1. The number of carbonyl (C=O) groups excluding carboxylic acids is 1. The summed E-state index contributed by atoms with van der Waals surface area (Å²) in [7, 11) is 0. The molecule has 5 rings (SSSR count). The SMILES string of the molecule is O=C1CCCC2=C1[C@H](c1ccc(Sc3ccccn3)o1)c1c[nH]nc1N2. The molecule has 130 valence electrons. The van der Waals surface area contributed by atoms with Gasteiger partial charge in [-0.25, -0.2) is 4.98 Å². The number of furan rings is 1. The summed E-state index contributed by atoms with van der Waals surface area (Å²) in [4.78, 5) is 17.0. The fourth-order valence-electron chi connectivity index (χ4n) is 3.60. The Balaban J connectivity index is 1.54. The van der Waals surface area contributed by atoms with Crippen LogP contribution in [0.3, 0.4) is 0 Å². The maximum absolute atomic E-state index is 12.7. The molecule has 2 N–H and O–H groups in total. The molecule has 1 aliphatic heterocycles. The largest absolute Gasteiger partial charge is 0.453 e. The van der Waals surface area contributed by atoms with E-state index in [0.717, 1.165) is 51.4 Å². The normalized spacial score (nSPS) is 19.1. The van der Waals surface area contributed by atoms with Crippen LogP contribution in [0.25, 0.3) is 0 Å². The van der Waals surface area contributed by atoms with Crippen LogP contribution in [0, 0.1) is 0 Å². The molecule has 0 bridgehead atoms. The lowest BCUT2D eigenvalue weighted by molar-refractivity contribution is -0.116. The van der Waals surface area contributed by atoms with Gasteiger partial charge in [0.1, 0.15) is 10.8 Å². The van der Waals surface area contributed by atoms with Gasteiger partial charge in [0.25, 0.3) is 0 Å². The van der Waals surface area contributed by atoms with Crippen LogP contribution in [0.1, 0.15) is 36.5 Å². The lowest BCUT2D eigenvalue weighted by Crippen LogP contribution is -2.26. The number of ketones is 1. The number of aromatic amines is 1. The highest BCUT2D eigenvalue weighted by Crippen LogP contribution is 2.45. The lowest BCUT2D eigenvalue weighted by Gasteiger charge is -2.30. The van der Waals surface area contributed by atoms with Crippen LogP contribution in [-0.2, 0) is 4.79 Å². The standard InChI is InChI=1S/C19H16N4O2S/c24-13-5-3-4-12-18(13)17(11-10-21-23-19(11)22-12)14-7-8-16(25-14)26-15-6-1-2-9-20-15/h1-2,6-10,17H,3-5H2,(H2,21,22,23)/t17-/m0/s1. The van der Waals surface area contributed by atoms with E-state index in [1.165, 1.54) is 11.8 Å². The van der Waals surface area contributed by atoms with Gasteiger partial charge in [-0.15, -0.1) is 0 Å². The van der Waals surface area contributed by atoms with Crippen molar-refractivity contribution < 1.29 is 9.21 Å². The molecule has 1 aliphatic carbocycles. The number of anilines is 1. The van der Waals surface area contributed by atoms with E-state index in [1.807, 2.05) is 36.5 Å². The quantitative estimate of drug-likeness (QED) is 0.727. The summed E-state index contributed by atoms with van der Waals surface area (Å²) >= 11 is 1.47. The maximum Gasteiger partial charge on any atom is 0.166 e. The number of nitrogens with one attached hydrogen (secondary N) is 2. The van der Waals surface area contributed by atoms with E-state index in [2.05, 4.69) is 20.5 Å². The zero-order valence-electron chi connectivity index (χ0n) is 13.9. The van der Waals surface area contributed by atoms with Gasteiger partial charge in [-0.1, -0.05) is 6.07 Å². The molecule has 0 aromatic carbocycles. The van der Waals surface area contributed by atoms with E-state index >= 15 is 0 Å². The number of fused-ring (bicyclic) bond motifs is 1. The van der Waals surface area contributed by atoms with Crippen LogP contribution >= 0.6 is 11.8 Å². The Bertz CT molecular complexity index is 1010. The summed E-state index contributed by atoms with van der Waals surface area (Å²) in [6.45, 7) is 0. The van der Waals surface area contributed by atoms with Crippen LogP contribution in [0.15, 0.2) is 68.5 Å². The topological polar surface area (TPSA) is 83.8 Å². The first-order chi connectivity index (χ1) is 12.8. The monoisotopic (exact) mass is 364 g/mol. The van der Waals surface area contributed by atoms with Crippen molar-refractivity contribution in [2.24, 2.45) is 0 Å². The molecular formula is C19H16N4O2S. The number of nitrogens with zero attached hydrogens (tertiary/aromatic N) is 2. The van der Waals surface area contributed by atoms with Crippen molar-refractivity contribution in [1.82, 2.24) is 15.2 Å². The second kappa shape index (κ2) is 6.17. The van der Waals surface area contributed by atoms with E-state index in [-0.39, 0.29) is 11.7 Å². The molecule has 6 nitrogen and oxygen atoms in total. The molecule has 1 atom stereocenters. The number of H-pyrrole nitrogens is 1. The summed E-state index contributed by atoms with van der Waals surface area (Å²) < 4.78 is 6.12. The molecular weight excluding hydrogens is 348 g/mol. The zero-order chi connectivity index (χ0) is 17.5. The Labute approximate surface area is 154 Å². The van der Waals surface area contributed by atoms with Crippen molar-refractivity contribution in [2.45, 2.75) is 35.3 Å². The highest BCUT2D eigenvalue weighted by Gasteiger charge is 2.37. The molecule has 0 radical (unpaired) electrons. The summed E-state index contributed by atoms with van der Waals surface area (Å²) in [5.74, 6) is 1.51. The van der Waals surface area contributed by atoms with Crippen LogP contribution < -0.4 is 5.32 Å². The van der Waals surface area contributed by atoms with Crippen LogP contribution in [0.2, 0.25) is 0 Å². The minimum Gasteiger partial charge on any atom is -0.453 e. The lowest BCUT2D eigenvalue weighted by atomic mass is 9.79. The summed E-state index contributed by atoms with van der Waals surface area (Å²) in [5, 5.41) is 12.1. The Hall–Kier alpha value is -2.80. The number of carbonyl (C=O) groups is 1. The van der Waals surface area contributed by atoms with Crippen molar-refractivity contribution in [2.75, 3.05) is 5.32 Å². The molecule has 3 aromatic heterocycles. The first kappa shape index (κ1) is 15.5. The van der Waals surface area contributed by atoms with E-state index in [1.54, 1.807) is 6.20 Å². The Morgan fingerprint density at radius 1 is 1.19 bits per heavy atom. The number of hydrogen-bond donors (Lipinski definition) is 2. The van der Waals surface area contributed by atoms with Crippen LogP contribution in [0.4, 0.5) is 5.82 Å². The van der Waals surface area contributed by atoms with Crippen molar-refractivity contribution in [3.63, 3.8) is 0 Å². The van der Waals surface area contributed by atoms with Gasteiger partial charge in [0.2, 0.25) is 0 Å². The van der Waals surface area contributed by atoms with Gasteiger partial charge in [-0.3, -0.25) is 9.89 Å².